The number of carbonyl (C=O) groups is 2. The molecule has 1 spiro atoms. The molecule has 0 N–H and O–H groups in total. The molecule has 2 aliphatic rings. The number of allylic oxidation sites excluding steroid dienone is 1. The van der Waals surface area contributed by atoms with E-state index in [1.54, 1.807) is 6.92 Å². The standard InChI is InChI=1S/C22H38O6Si/c1-10-25-20(24)17-11-16(23)12-22(26-17)13-18(15(4)19(27-22)14(2)3)28-29(8,9)21(5,6)7/h11,14-15,18-19H,10,12-13H2,1-9H3/t15-,18+,19+,22-/m0/s1. The van der Waals surface area contributed by atoms with E-state index in [4.69, 9.17) is 18.6 Å². The fourth-order valence-electron chi connectivity index (χ4n) is 3.77. The van der Waals surface area contributed by atoms with Gasteiger partial charge < -0.3 is 18.6 Å². The third-order valence-corrected chi connectivity index (χ3v) is 10.9. The van der Waals surface area contributed by atoms with Crippen molar-refractivity contribution >= 4 is 20.1 Å². The molecule has 2 rings (SSSR count). The monoisotopic (exact) mass is 426 g/mol. The average molecular weight is 427 g/mol. The number of carbonyl (C=O) groups excluding carboxylic acids is 2. The summed E-state index contributed by atoms with van der Waals surface area (Å²) < 4.78 is 24.3. The summed E-state index contributed by atoms with van der Waals surface area (Å²) in [5, 5.41) is 0.0603. The highest BCUT2D eigenvalue weighted by Gasteiger charge is 2.53. The largest absolute Gasteiger partial charge is 0.460 e. The van der Waals surface area contributed by atoms with Crippen LogP contribution in [0.3, 0.4) is 0 Å². The van der Waals surface area contributed by atoms with Gasteiger partial charge in [0.1, 0.15) is 0 Å². The maximum absolute atomic E-state index is 12.5. The molecular formula is C22H38O6Si. The van der Waals surface area contributed by atoms with Gasteiger partial charge in [0.15, 0.2) is 14.1 Å². The van der Waals surface area contributed by atoms with E-state index in [9.17, 15) is 9.59 Å². The summed E-state index contributed by atoms with van der Waals surface area (Å²) in [5.41, 5.74) is 0. The van der Waals surface area contributed by atoms with Crippen molar-refractivity contribution < 1.29 is 28.2 Å². The zero-order valence-electron chi connectivity index (χ0n) is 19.5. The Morgan fingerprint density at radius 2 is 1.97 bits per heavy atom. The van der Waals surface area contributed by atoms with E-state index in [0.29, 0.717) is 6.42 Å². The summed E-state index contributed by atoms with van der Waals surface area (Å²) in [6.07, 6.45) is 1.44. The summed E-state index contributed by atoms with van der Waals surface area (Å²) in [4.78, 5) is 24.7. The predicted molar refractivity (Wildman–Crippen MR) is 114 cm³/mol. The number of ether oxygens (including phenoxy) is 3. The molecule has 0 aromatic heterocycles. The fraction of sp³-hybridized carbons (Fsp3) is 0.818. The first-order chi connectivity index (χ1) is 13.2. The molecule has 0 unspecified atom stereocenters. The molecule has 0 amide bonds. The van der Waals surface area contributed by atoms with Crippen LogP contribution in [0.15, 0.2) is 11.8 Å². The van der Waals surface area contributed by atoms with Crippen LogP contribution in [0.4, 0.5) is 0 Å². The van der Waals surface area contributed by atoms with Crippen LogP contribution in [0.5, 0.6) is 0 Å². The number of ketones is 1. The van der Waals surface area contributed by atoms with Gasteiger partial charge in [-0.15, -0.1) is 0 Å². The van der Waals surface area contributed by atoms with Crippen molar-refractivity contribution in [3.8, 4) is 0 Å². The van der Waals surface area contributed by atoms with E-state index in [-0.39, 0.29) is 53.7 Å². The van der Waals surface area contributed by atoms with Gasteiger partial charge in [-0.05, 0) is 31.0 Å². The maximum atomic E-state index is 12.5. The van der Waals surface area contributed by atoms with Gasteiger partial charge in [0.25, 0.3) is 0 Å². The third-order valence-electron chi connectivity index (χ3n) is 6.39. The topological polar surface area (TPSA) is 71.1 Å². The van der Waals surface area contributed by atoms with Crippen LogP contribution < -0.4 is 0 Å². The molecule has 29 heavy (non-hydrogen) atoms. The minimum atomic E-state index is -2.05. The molecule has 0 bridgehead atoms. The lowest BCUT2D eigenvalue weighted by Crippen LogP contribution is -2.59. The average Bonchev–Trinajstić information content (AvgIpc) is 2.56. The second-order valence-corrected chi connectivity index (χ2v) is 14.9. The molecule has 0 radical (unpaired) electrons. The zero-order valence-corrected chi connectivity index (χ0v) is 20.5. The van der Waals surface area contributed by atoms with E-state index in [2.05, 4.69) is 54.6 Å². The van der Waals surface area contributed by atoms with Crippen molar-refractivity contribution in [2.24, 2.45) is 11.8 Å². The maximum Gasteiger partial charge on any atom is 0.373 e. The van der Waals surface area contributed by atoms with E-state index in [1.807, 2.05) is 0 Å². The summed E-state index contributed by atoms with van der Waals surface area (Å²) in [6.45, 7) is 19.3. The highest BCUT2D eigenvalue weighted by Crippen LogP contribution is 2.46. The van der Waals surface area contributed by atoms with Gasteiger partial charge in [0, 0.05) is 18.4 Å². The smallest absolute Gasteiger partial charge is 0.373 e. The predicted octanol–water partition coefficient (Wildman–Crippen LogP) is 4.59. The number of hydrogen-bond donors (Lipinski definition) is 0. The minimum absolute atomic E-state index is 0.0603. The molecule has 0 saturated carbocycles. The third kappa shape index (κ3) is 5.30. The molecule has 0 aromatic carbocycles. The van der Waals surface area contributed by atoms with Gasteiger partial charge >= 0.3 is 5.97 Å². The van der Waals surface area contributed by atoms with Crippen LogP contribution in [0.25, 0.3) is 0 Å². The van der Waals surface area contributed by atoms with Gasteiger partial charge in [-0.1, -0.05) is 41.5 Å². The quantitative estimate of drug-likeness (QED) is 0.473. The molecule has 1 saturated heterocycles. The normalized spacial score (nSPS) is 30.9. The molecule has 6 nitrogen and oxygen atoms in total. The number of rotatable bonds is 5. The Morgan fingerprint density at radius 1 is 1.34 bits per heavy atom. The van der Waals surface area contributed by atoms with Gasteiger partial charge in [0.05, 0.1) is 25.2 Å². The van der Waals surface area contributed by atoms with Crippen LogP contribution in [0, 0.1) is 11.8 Å². The van der Waals surface area contributed by atoms with Gasteiger partial charge in [0.2, 0.25) is 11.5 Å². The number of hydrogen-bond acceptors (Lipinski definition) is 6. The highest BCUT2D eigenvalue weighted by molar-refractivity contribution is 6.74. The van der Waals surface area contributed by atoms with Crippen LogP contribution in [-0.2, 0) is 28.2 Å². The Hall–Kier alpha value is -1.18. The van der Waals surface area contributed by atoms with Crippen LogP contribution >= 0.6 is 0 Å². The molecule has 7 heteroatoms. The van der Waals surface area contributed by atoms with Crippen molar-refractivity contribution in [1.82, 2.24) is 0 Å². The molecule has 2 aliphatic heterocycles. The second-order valence-electron chi connectivity index (χ2n) is 10.2. The Kier molecular flexibility index (Phi) is 7.07. The van der Waals surface area contributed by atoms with Crippen LogP contribution in [-0.4, -0.2) is 44.7 Å². The first kappa shape index (κ1) is 24.1. The Balaban J connectivity index is 2.36. The van der Waals surface area contributed by atoms with Crippen molar-refractivity contribution in [3.63, 3.8) is 0 Å². The van der Waals surface area contributed by atoms with Crippen molar-refractivity contribution in [2.75, 3.05) is 6.61 Å². The Labute approximate surface area is 176 Å². The SMILES string of the molecule is CCOC(=O)C1=CC(=O)C[C@]2(C[C@@H](O[Si](C)(C)C(C)(C)C)[C@H](C)[C@@H](C(C)C)O2)O1. The Morgan fingerprint density at radius 3 is 2.48 bits per heavy atom. The lowest BCUT2D eigenvalue weighted by atomic mass is 9.82. The first-order valence-corrected chi connectivity index (χ1v) is 13.6. The van der Waals surface area contributed by atoms with E-state index >= 15 is 0 Å². The fourth-order valence-corrected chi connectivity index (χ4v) is 5.17. The molecule has 0 aliphatic carbocycles. The van der Waals surface area contributed by atoms with Gasteiger partial charge in [-0.2, -0.15) is 0 Å². The Bertz CT molecular complexity index is 663. The van der Waals surface area contributed by atoms with E-state index in [0.717, 1.165) is 0 Å². The summed E-state index contributed by atoms with van der Waals surface area (Å²) >= 11 is 0. The van der Waals surface area contributed by atoms with Gasteiger partial charge in [-0.25, -0.2) is 4.79 Å². The molecule has 0 aromatic rings. The molecular weight excluding hydrogens is 388 g/mol. The van der Waals surface area contributed by atoms with Gasteiger partial charge in [-0.3, -0.25) is 4.79 Å². The second kappa shape index (κ2) is 8.51. The zero-order chi connectivity index (χ0) is 22.2. The van der Waals surface area contributed by atoms with E-state index < -0.39 is 20.1 Å². The van der Waals surface area contributed by atoms with Crippen LogP contribution in [0.1, 0.15) is 61.3 Å². The molecule has 2 heterocycles. The van der Waals surface area contributed by atoms with Crippen molar-refractivity contribution in [1.29, 1.82) is 0 Å². The van der Waals surface area contributed by atoms with Crippen molar-refractivity contribution in [2.45, 2.75) is 97.4 Å². The number of esters is 1. The van der Waals surface area contributed by atoms with Crippen LogP contribution in [0.2, 0.25) is 18.1 Å². The van der Waals surface area contributed by atoms with Crippen molar-refractivity contribution in [3.05, 3.63) is 11.8 Å². The molecule has 4 atom stereocenters. The summed E-state index contributed by atoms with van der Waals surface area (Å²) in [7, 11) is -2.05. The lowest BCUT2D eigenvalue weighted by molar-refractivity contribution is -0.302. The lowest BCUT2D eigenvalue weighted by Gasteiger charge is -2.51. The summed E-state index contributed by atoms with van der Waals surface area (Å²) in [5.74, 6) is -1.74. The van der Waals surface area contributed by atoms with E-state index in [1.165, 1.54) is 6.08 Å². The first-order valence-electron chi connectivity index (χ1n) is 10.7. The molecule has 1 fully saturated rings. The molecule has 166 valence electrons. The minimum Gasteiger partial charge on any atom is -0.460 e. The highest BCUT2D eigenvalue weighted by atomic mass is 28.4. The summed E-state index contributed by atoms with van der Waals surface area (Å²) in [6, 6.07) is 0.